The lowest BCUT2D eigenvalue weighted by atomic mass is 10.2. The maximum atomic E-state index is 12.2. The van der Waals surface area contributed by atoms with Crippen molar-refractivity contribution in [3.05, 3.63) is 5.01 Å². The number of aryl methyl sites for hydroxylation is 1. The number of rotatable bonds is 4. The zero-order valence-electron chi connectivity index (χ0n) is 12.1. The van der Waals surface area contributed by atoms with Crippen molar-refractivity contribution in [2.45, 2.75) is 45.1 Å². The zero-order chi connectivity index (χ0) is 14.4. The second-order valence-corrected chi connectivity index (χ2v) is 6.02. The van der Waals surface area contributed by atoms with Crippen molar-refractivity contribution in [2.75, 3.05) is 25.5 Å². The summed E-state index contributed by atoms with van der Waals surface area (Å²) in [5.41, 5.74) is 0. The van der Waals surface area contributed by atoms with Crippen LogP contribution in [0.2, 0.25) is 0 Å². The first-order valence-corrected chi connectivity index (χ1v) is 7.95. The van der Waals surface area contributed by atoms with Crippen LogP contribution in [0.25, 0.3) is 0 Å². The van der Waals surface area contributed by atoms with Gasteiger partial charge in [0.2, 0.25) is 5.13 Å². The maximum Gasteiger partial charge on any atom is 0.323 e. The lowest BCUT2D eigenvalue weighted by molar-refractivity contribution is 0.0908. The Hall–Kier alpha value is -1.21. The Morgan fingerprint density at radius 3 is 3.05 bits per heavy atom. The molecule has 0 bridgehead atoms. The van der Waals surface area contributed by atoms with Gasteiger partial charge in [0, 0.05) is 26.6 Å². The standard InChI is InChI=1S/C13H22N4O2S/c1-3-5-11-15-16-12(20-11)14-13(18)17-8-4-6-10(19-2)7-9-17/h10H,3-9H2,1-2H3,(H,14,16,18). The number of likely N-dealkylation sites (tertiary alicyclic amines) is 1. The van der Waals surface area contributed by atoms with E-state index in [9.17, 15) is 4.79 Å². The fourth-order valence-corrected chi connectivity index (χ4v) is 3.13. The highest BCUT2D eigenvalue weighted by Gasteiger charge is 2.21. The molecule has 1 N–H and O–H groups in total. The predicted octanol–water partition coefficient (Wildman–Crippen LogP) is 2.52. The normalized spacial score (nSPS) is 19.7. The summed E-state index contributed by atoms with van der Waals surface area (Å²) in [6.45, 7) is 3.60. The van der Waals surface area contributed by atoms with E-state index < -0.39 is 0 Å². The van der Waals surface area contributed by atoms with Crippen molar-refractivity contribution in [1.82, 2.24) is 15.1 Å². The molecule has 2 rings (SSSR count). The molecule has 0 saturated carbocycles. The van der Waals surface area contributed by atoms with E-state index >= 15 is 0 Å². The van der Waals surface area contributed by atoms with Crippen molar-refractivity contribution < 1.29 is 9.53 Å². The number of anilines is 1. The Balaban J connectivity index is 1.87. The lowest BCUT2D eigenvalue weighted by Gasteiger charge is -2.19. The summed E-state index contributed by atoms with van der Waals surface area (Å²) < 4.78 is 5.37. The summed E-state index contributed by atoms with van der Waals surface area (Å²) >= 11 is 1.45. The number of amides is 2. The summed E-state index contributed by atoms with van der Waals surface area (Å²) in [6.07, 6.45) is 5.09. The van der Waals surface area contributed by atoms with Crippen molar-refractivity contribution in [3.63, 3.8) is 0 Å². The first-order chi connectivity index (χ1) is 9.72. The van der Waals surface area contributed by atoms with Gasteiger partial charge in [0.1, 0.15) is 5.01 Å². The van der Waals surface area contributed by atoms with Gasteiger partial charge in [-0.1, -0.05) is 18.3 Å². The summed E-state index contributed by atoms with van der Waals surface area (Å²) in [7, 11) is 1.73. The first-order valence-electron chi connectivity index (χ1n) is 7.14. The number of nitrogens with one attached hydrogen (secondary N) is 1. The first kappa shape index (κ1) is 15.2. The number of nitrogens with zero attached hydrogens (tertiary/aromatic N) is 3. The molecule has 20 heavy (non-hydrogen) atoms. The molecule has 1 aliphatic heterocycles. The number of methoxy groups -OCH3 is 1. The highest BCUT2D eigenvalue weighted by molar-refractivity contribution is 7.15. The molecule has 0 aromatic carbocycles. The molecule has 1 unspecified atom stereocenters. The van der Waals surface area contributed by atoms with E-state index in [1.165, 1.54) is 11.3 Å². The van der Waals surface area contributed by atoms with Gasteiger partial charge in [0.15, 0.2) is 0 Å². The van der Waals surface area contributed by atoms with Gasteiger partial charge >= 0.3 is 6.03 Å². The Morgan fingerprint density at radius 2 is 2.30 bits per heavy atom. The van der Waals surface area contributed by atoms with Crippen LogP contribution < -0.4 is 5.32 Å². The van der Waals surface area contributed by atoms with Crippen LogP contribution in [0.4, 0.5) is 9.93 Å². The van der Waals surface area contributed by atoms with Crippen molar-refractivity contribution in [2.24, 2.45) is 0 Å². The van der Waals surface area contributed by atoms with Crippen LogP contribution in [0, 0.1) is 0 Å². The van der Waals surface area contributed by atoms with E-state index in [-0.39, 0.29) is 12.1 Å². The number of ether oxygens (including phenoxy) is 1. The largest absolute Gasteiger partial charge is 0.381 e. The SMILES string of the molecule is CCCc1nnc(NC(=O)N2CCCC(OC)CC2)s1. The smallest absolute Gasteiger partial charge is 0.323 e. The summed E-state index contributed by atoms with van der Waals surface area (Å²) in [6, 6.07) is -0.0825. The van der Waals surface area contributed by atoms with E-state index in [1.54, 1.807) is 7.11 Å². The fraction of sp³-hybridized carbons (Fsp3) is 0.769. The highest BCUT2D eigenvalue weighted by atomic mass is 32.1. The van der Waals surface area contributed by atoms with E-state index in [0.29, 0.717) is 5.13 Å². The predicted molar refractivity (Wildman–Crippen MR) is 79.1 cm³/mol. The number of aromatic nitrogens is 2. The van der Waals surface area contributed by atoms with Gasteiger partial charge in [-0.3, -0.25) is 5.32 Å². The molecule has 112 valence electrons. The lowest BCUT2D eigenvalue weighted by Crippen LogP contribution is -2.35. The van der Waals surface area contributed by atoms with E-state index in [4.69, 9.17) is 4.74 Å². The summed E-state index contributed by atoms with van der Waals surface area (Å²) in [4.78, 5) is 14.0. The molecule has 0 aliphatic carbocycles. The van der Waals surface area contributed by atoms with Crippen LogP contribution in [0.3, 0.4) is 0 Å². The Bertz CT molecular complexity index is 438. The number of urea groups is 1. The minimum absolute atomic E-state index is 0.0825. The van der Waals surface area contributed by atoms with Crippen molar-refractivity contribution in [3.8, 4) is 0 Å². The molecule has 6 nitrogen and oxygen atoms in total. The molecule has 2 amide bonds. The molecule has 1 aliphatic rings. The average Bonchev–Trinajstić information content (AvgIpc) is 2.75. The molecular weight excluding hydrogens is 276 g/mol. The molecular formula is C13H22N4O2S. The van der Waals surface area contributed by atoms with Gasteiger partial charge in [-0.05, 0) is 25.7 Å². The minimum atomic E-state index is -0.0825. The van der Waals surface area contributed by atoms with E-state index in [1.807, 2.05) is 4.90 Å². The number of hydrogen-bond acceptors (Lipinski definition) is 5. The zero-order valence-corrected chi connectivity index (χ0v) is 12.9. The molecule has 0 spiro atoms. The van der Waals surface area contributed by atoms with Gasteiger partial charge in [-0.15, -0.1) is 10.2 Å². The number of carbonyl (C=O) groups is 1. The second-order valence-electron chi connectivity index (χ2n) is 4.96. The van der Waals surface area contributed by atoms with Crippen LogP contribution in [0.15, 0.2) is 0 Å². The van der Waals surface area contributed by atoms with Gasteiger partial charge in [0.25, 0.3) is 0 Å². The summed E-state index contributed by atoms with van der Waals surface area (Å²) in [5, 5.41) is 12.5. The van der Waals surface area contributed by atoms with Crippen molar-refractivity contribution in [1.29, 1.82) is 0 Å². The third-order valence-corrected chi connectivity index (χ3v) is 4.34. The van der Waals surface area contributed by atoms with E-state index in [2.05, 4.69) is 22.4 Å². The Kier molecular flexibility index (Phi) is 5.72. The van der Waals surface area contributed by atoms with Gasteiger partial charge in [0.05, 0.1) is 6.10 Å². The van der Waals surface area contributed by atoms with Crippen LogP contribution in [0.5, 0.6) is 0 Å². The van der Waals surface area contributed by atoms with Crippen molar-refractivity contribution >= 4 is 22.5 Å². The topological polar surface area (TPSA) is 67.4 Å². The van der Waals surface area contributed by atoms with Crippen LogP contribution >= 0.6 is 11.3 Å². The minimum Gasteiger partial charge on any atom is -0.381 e. The van der Waals surface area contributed by atoms with Crippen LogP contribution in [-0.2, 0) is 11.2 Å². The molecule has 7 heteroatoms. The molecule has 0 radical (unpaired) electrons. The Labute approximate surface area is 123 Å². The van der Waals surface area contributed by atoms with E-state index in [0.717, 1.165) is 50.2 Å². The Morgan fingerprint density at radius 1 is 1.45 bits per heavy atom. The fourth-order valence-electron chi connectivity index (χ4n) is 2.29. The monoisotopic (exact) mass is 298 g/mol. The molecule has 1 atom stereocenters. The number of carbonyl (C=O) groups excluding carboxylic acids is 1. The quantitative estimate of drug-likeness (QED) is 0.927. The molecule has 1 fully saturated rings. The molecule has 1 aromatic rings. The second kappa shape index (κ2) is 7.54. The third kappa shape index (κ3) is 4.14. The molecule has 1 saturated heterocycles. The molecule has 1 aromatic heterocycles. The maximum absolute atomic E-state index is 12.2. The highest BCUT2D eigenvalue weighted by Crippen LogP contribution is 2.18. The van der Waals surface area contributed by atoms with Gasteiger partial charge in [-0.2, -0.15) is 0 Å². The van der Waals surface area contributed by atoms with Crippen LogP contribution in [0.1, 0.15) is 37.6 Å². The van der Waals surface area contributed by atoms with Gasteiger partial charge in [-0.25, -0.2) is 4.79 Å². The molecule has 2 heterocycles. The third-order valence-electron chi connectivity index (χ3n) is 3.44. The summed E-state index contributed by atoms with van der Waals surface area (Å²) in [5.74, 6) is 0. The number of hydrogen-bond donors (Lipinski definition) is 1. The van der Waals surface area contributed by atoms with Crippen LogP contribution in [-0.4, -0.2) is 47.4 Å². The average molecular weight is 298 g/mol. The van der Waals surface area contributed by atoms with Gasteiger partial charge < -0.3 is 9.64 Å².